The second kappa shape index (κ2) is 9.57. The zero-order valence-electron chi connectivity index (χ0n) is 17.3. The van der Waals surface area contributed by atoms with Crippen LogP contribution in [0.1, 0.15) is 34.6 Å². The first-order valence-electron chi connectivity index (χ1n) is 9.86. The van der Waals surface area contributed by atoms with Crippen molar-refractivity contribution < 1.29 is 19.4 Å². The van der Waals surface area contributed by atoms with Crippen molar-refractivity contribution >= 4 is 27.7 Å². The lowest BCUT2D eigenvalue weighted by atomic mass is 10.00. The van der Waals surface area contributed by atoms with E-state index in [1.807, 2.05) is 25.1 Å². The number of benzene rings is 1. The molecule has 2 heterocycles. The number of carbonyl (C=O) groups excluding carboxylic acids is 2. The Morgan fingerprint density at radius 3 is 2.77 bits per heavy atom. The molecule has 1 aliphatic heterocycles. The molecule has 1 N–H and O–H groups in total. The maximum absolute atomic E-state index is 13.1. The zero-order chi connectivity index (χ0) is 21.8. The molecule has 2 aromatic rings. The molecule has 7 nitrogen and oxygen atoms in total. The van der Waals surface area contributed by atoms with Crippen molar-refractivity contribution in [3.63, 3.8) is 0 Å². The Balaban J connectivity index is 1.90. The van der Waals surface area contributed by atoms with Gasteiger partial charge >= 0.3 is 0 Å². The predicted octanol–water partition coefficient (Wildman–Crippen LogP) is 2.84. The fourth-order valence-electron chi connectivity index (χ4n) is 3.45. The first-order valence-corrected chi connectivity index (χ1v) is 10.7. The SMILES string of the molecule is C[C@@H]1CN([C@@H](C)CO)C(=O)c2cc(Br)cnc2O[C@H]1CN(C)C(=O)c1ccccc1. The molecule has 3 atom stereocenters. The fourth-order valence-corrected chi connectivity index (χ4v) is 3.78. The average molecular weight is 476 g/mol. The molecule has 0 saturated heterocycles. The Labute approximate surface area is 184 Å². The molecular weight excluding hydrogens is 450 g/mol. The Morgan fingerprint density at radius 1 is 1.40 bits per heavy atom. The lowest BCUT2D eigenvalue weighted by molar-refractivity contribution is 0.0313. The van der Waals surface area contributed by atoms with Gasteiger partial charge in [0.15, 0.2) is 0 Å². The van der Waals surface area contributed by atoms with Crippen molar-refractivity contribution in [1.29, 1.82) is 0 Å². The van der Waals surface area contributed by atoms with Crippen LogP contribution in [0.15, 0.2) is 47.1 Å². The number of aliphatic hydroxyl groups is 1. The summed E-state index contributed by atoms with van der Waals surface area (Å²) in [6.07, 6.45) is 1.20. The van der Waals surface area contributed by atoms with Gasteiger partial charge in [-0.25, -0.2) is 4.98 Å². The minimum atomic E-state index is -0.378. The summed E-state index contributed by atoms with van der Waals surface area (Å²) >= 11 is 3.36. The molecule has 1 aliphatic rings. The third-order valence-corrected chi connectivity index (χ3v) is 5.74. The van der Waals surface area contributed by atoms with Gasteiger partial charge in [-0.2, -0.15) is 0 Å². The monoisotopic (exact) mass is 475 g/mol. The molecule has 160 valence electrons. The van der Waals surface area contributed by atoms with Gasteiger partial charge in [0.05, 0.1) is 19.2 Å². The average Bonchev–Trinajstić information content (AvgIpc) is 2.76. The van der Waals surface area contributed by atoms with E-state index in [1.165, 1.54) is 0 Å². The number of halogens is 1. The van der Waals surface area contributed by atoms with Crippen LogP contribution in [0.5, 0.6) is 5.88 Å². The largest absolute Gasteiger partial charge is 0.472 e. The van der Waals surface area contributed by atoms with Crippen LogP contribution in [0.4, 0.5) is 0 Å². The fraction of sp³-hybridized carbons (Fsp3) is 0.409. The van der Waals surface area contributed by atoms with Gasteiger partial charge in [0.2, 0.25) is 5.88 Å². The molecule has 0 saturated carbocycles. The number of carbonyl (C=O) groups is 2. The molecule has 0 unspecified atom stereocenters. The van der Waals surface area contributed by atoms with Gasteiger partial charge in [0, 0.05) is 35.7 Å². The van der Waals surface area contributed by atoms with Crippen LogP contribution < -0.4 is 4.74 Å². The normalized spacial score (nSPS) is 19.9. The summed E-state index contributed by atoms with van der Waals surface area (Å²) in [5.74, 6) is -0.198. The third-order valence-electron chi connectivity index (χ3n) is 5.31. The standard InChI is InChI=1S/C22H26BrN3O4/c1-14-11-26(15(2)13-27)22(29)18-9-17(23)10-24-20(18)30-19(14)12-25(3)21(28)16-7-5-4-6-8-16/h4-10,14-15,19,27H,11-13H2,1-3H3/t14-,15+,19+/m1/s1. The molecule has 0 radical (unpaired) electrons. The number of nitrogens with zero attached hydrogens (tertiary/aromatic N) is 3. The van der Waals surface area contributed by atoms with E-state index in [2.05, 4.69) is 20.9 Å². The molecule has 0 bridgehead atoms. The van der Waals surface area contributed by atoms with Crippen LogP contribution in [-0.4, -0.2) is 70.6 Å². The highest BCUT2D eigenvalue weighted by Crippen LogP contribution is 2.28. The number of likely N-dealkylation sites (N-methyl/N-ethyl adjacent to an activating group) is 1. The van der Waals surface area contributed by atoms with Crippen molar-refractivity contribution in [2.24, 2.45) is 5.92 Å². The van der Waals surface area contributed by atoms with Crippen molar-refractivity contribution in [2.45, 2.75) is 26.0 Å². The Morgan fingerprint density at radius 2 is 2.10 bits per heavy atom. The molecular formula is C22H26BrN3O4. The van der Waals surface area contributed by atoms with Crippen molar-refractivity contribution in [2.75, 3.05) is 26.7 Å². The van der Waals surface area contributed by atoms with Gasteiger partial charge in [-0.15, -0.1) is 0 Å². The molecule has 0 aliphatic carbocycles. The highest BCUT2D eigenvalue weighted by atomic mass is 79.9. The number of rotatable bonds is 5. The number of aromatic nitrogens is 1. The maximum atomic E-state index is 13.1. The quantitative estimate of drug-likeness (QED) is 0.718. The van der Waals surface area contributed by atoms with Gasteiger partial charge in [0.25, 0.3) is 11.8 Å². The molecule has 0 spiro atoms. The van der Waals surface area contributed by atoms with Crippen molar-refractivity contribution in [1.82, 2.24) is 14.8 Å². The minimum absolute atomic E-state index is 0.0902. The predicted molar refractivity (Wildman–Crippen MR) is 117 cm³/mol. The molecule has 8 heteroatoms. The number of pyridine rings is 1. The molecule has 1 aromatic heterocycles. The number of amides is 2. The Bertz CT molecular complexity index is 909. The lowest BCUT2D eigenvalue weighted by Gasteiger charge is -2.37. The van der Waals surface area contributed by atoms with E-state index in [0.717, 1.165) is 0 Å². The summed E-state index contributed by atoms with van der Waals surface area (Å²) in [5, 5.41) is 9.66. The highest BCUT2D eigenvalue weighted by Gasteiger charge is 2.34. The highest BCUT2D eigenvalue weighted by molar-refractivity contribution is 9.10. The molecule has 1 aromatic carbocycles. The van der Waals surface area contributed by atoms with E-state index in [1.54, 1.807) is 48.2 Å². The first-order chi connectivity index (χ1) is 14.3. The van der Waals surface area contributed by atoms with Crippen LogP contribution in [0.3, 0.4) is 0 Å². The van der Waals surface area contributed by atoms with Crippen LogP contribution >= 0.6 is 15.9 Å². The van der Waals surface area contributed by atoms with E-state index >= 15 is 0 Å². The summed E-state index contributed by atoms with van der Waals surface area (Å²) in [4.78, 5) is 33.5. The van der Waals surface area contributed by atoms with E-state index in [9.17, 15) is 14.7 Å². The number of hydrogen-bond donors (Lipinski definition) is 1. The van der Waals surface area contributed by atoms with Crippen molar-refractivity contribution in [3.8, 4) is 5.88 Å². The van der Waals surface area contributed by atoms with Crippen LogP contribution in [0.2, 0.25) is 0 Å². The summed E-state index contributed by atoms with van der Waals surface area (Å²) in [6.45, 7) is 4.36. The Kier molecular flexibility index (Phi) is 7.10. The maximum Gasteiger partial charge on any atom is 0.259 e. The summed E-state index contributed by atoms with van der Waals surface area (Å²) in [6, 6.07) is 10.4. The topological polar surface area (TPSA) is 83.0 Å². The number of aliphatic hydroxyl groups excluding tert-OH is 1. The second-order valence-electron chi connectivity index (χ2n) is 7.68. The van der Waals surface area contributed by atoms with E-state index in [0.29, 0.717) is 28.7 Å². The lowest BCUT2D eigenvalue weighted by Crippen LogP contribution is -2.50. The molecule has 3 rings (SSSR count). The Hall–Kier alpha value is -2.45. The number of hydrogen-bond acceptors (Lipinski definition) is 5. The first kappa shape index (κ1) is 22.2. The molecule has 30 heavy (non-hydrogen) atoms. The van der Waals surface area contributed by atoms with Crippen LogP contribution in [0, 0.1) is 5.92 Å². The number of ether oxygens (including phenoxy) is 1. The molecule has 0 fully saturated rings. The van der Waals surface area contributed by atoms with E-state index in [4.69, 9.17) is 4.74 Å². The third kappa shape index (κ3) is 4.82. The number of fused-ring (bicyclic) bond motifs is 1. The minimum Gasteiger partial charge on any atom is -0.472 e. The smallest absolute Gasteiger partial charge is 0.259 e. The van der Waals surface area contributed by atoms with Gasteiger partial charge in [0.1, 0.15) is 11.7 Å². The summed E-state index contributed by atoms with van der Waals surface area (Å²) in [5.41, 5.74) is 0.935. The van der Waals surface area contributed by atoms with Gasteiger partial charge in [-0.1, -0.05) is 25.1 Å². The van der Waals surface area contributed by atoms with Crippen LogP contribution in [-0.2, 0) is 0 Å². The van der Waals surface area contributed by atoms with Gasteiger partial charge in [-0.3, -0.25) is 9.59 Å². The van der Waals surface area contributed by atoms with Crippen LogP contribution in [0.25, 0.3) is 0 Å². The van der Waals surface area contributed by atoms with Crippen molar-refractivity contribution in [3.05, 3.63) is 58.2 Å². The summed E-state index contributed by atoms with van der Waals surface area (Å²) in [7, 11) is 1.74. The van der Waals surface area contributed by atoms with Gasteiger partial charge < -0.3 is 19.6 Å². The van der Waals surface area contributed by atoms with E-state index in [-0.39, 0.29) is 42.4 Å². The van der Waals surface area contributed by atoms with Gasteiger partial charge in [-0.05, 0) is 41.1 Å². The van der Waals surface area contributed by atoms with E-state index < -0.39 is 0 Å². The summed E-state index contributed by atoms with van der Waals surface area (Å²) < 4.78 is 6.82. The zero-order valence-corrected chi connectivity index (χ0v) is 18.9. The second-order valence-corrected chi connectivity index (χ2v) is 8.60. The molecule has 2 amide bonds.